The topological polar surface area (TPSA) is 58.4 Å². The lowest BCUT2D eigenvalue weighted by Gasteiger charge is -2.35. The highest BCUT2D eigenvalue weighted by Gasteiger charge is 2.30. The van der Waals surface area contributed by atoms with Crippen LogP contribution in [0.25, 0.3) is 0 Å². The number of amides is 1. The number of carbonyl (C=O) groups is 1. The molecule has 0 saturated carbocycles. The average molecular weight is 346 g/mol. The van der Waals surface area contributed by atoms with Gasteiger partial charge in [-0.1, -0.05) is 53.7 Å². The van der Waals surface area contributed by atoms with Gasteiger partial charge in [0.25, 0.3) is 0 Å². The Balaban J connectivity index is 1.88. The molecule has 0 radical (unpaired) electrons. The van der Waals surface area contributed by atoms with Crippen LogP contribution in [0.2, 0.25) is 0 Å². The largest absolute Gasteiger partial charge is 0.371 e. The van der Waals surface area contributed by atoms with E-state index < -0.39 is 6.04 Å². The van der Waals surface area contributed by atoms with Crippen molar-refractivity contribution in [3.8, 4) is 0 Å². The molecule has 4 nitrogen and oxygen atoms in total. The van der Waals surface area contributed by atoms with E-state index in [-0.39, 0.29) is 22.8 Å². The van der Waals surface area contributed by atoms with Gasteiger partial charge in [-0.25, -0.2) is 0 Å². The normalized spacial score (nSPS) is 18.1. The highest BCUT2D eigenvalue weighted by molar-refractivity contribution is 5.82. The standard InChI is InChI=1S/C21H35N3O/c1-20(2,3)15-7-9-17(10-8-15)24-13-11-16(12-14-24)23-19(25)18(22)21(4,5)6/h7-10,16,18H,11-14,22H2,1-6H3,(H,23,25)/t18-/m1/s1. The summed E-state index contributed by atoms with van der Waals surface area (Å²) in [4.78, 5) is 14.7. The summed E-state index contributed by atoms with van der Waals surface area (Å²) in [7, 11) is 0. The zero-order valence-corrected chi connectivity index (χ0v) is 16.7. The third-order valence-electron chi connectivity index (χ3n) is 5.16. The van der Waals surface area contributed by atoms with Gasteiger partial charge in [-0.2, -0.15) is 0 Å². The molecule has 1 aliphatic rings. The maximum atomic E-state index is 12.3. The molecule has 2 rings (SSSR count). The summed E-state index contributed by atoms with van der Waals surface area (Å²) in [6.07, 6.45) is 1.92. The van der Waals surface area contributed by atoms with E-state index in [1.54, 1.807) is 0 Å². The lowest BCUT2D eigenvalue weighted by molar-refractivity contribution is -0.125. The highest BCUT2D eigenvalue weighted by Crippen LogP contribution is 2.26. The molecule has 0 unspecified atom stereocenters. The predicted octanol–water partition coefficient (Wildman–Crippen LogP) is 3.44. The van der Waals surface area contributed by atoms with Crippen LogP contribution in [0.1, 0.15) is 59.9 Å². The number of nitrogens with one attached hydrogen (secondary N) is 1. The van der Waals surface area contributed by atoms with Gasteiger partial charge in [0, 0.05) is 24.8 Å². The Morgan fingerprint density at radius 1 is 1.08 bits per heavy atom. The number of nitrogens with two attached hydrogens (primary N) is 1. The zero-order valence-electron chi connectivity index (χ0n) is 16.7. The zero-order chi connectivity index (χ0) is 18.8. The lowest BCUT2D eigenvalue weighted by Crippen LogP contribution is -2.53. The van der Waals surface area contributed by atoms with E-state index in [1.807, 2.05) is 20.8 Å². The Labute approximate surface area is 153 Å². The maximum Gasteiger partial charge on any atom is 0.237 e. The molecule has 0 spiro atoms. The van der Waals surface area contributed by atoms with Gasteiger partial charge in [0.05, 0.1) is 6.04 Å². The van der Waals surface area contributed by atoms with Crippen LogP contribution in [0.15, 0.2) is 24.3 Å². The molecule has 25 heavy (non-hydrogen) atoms. The van der Waals surface area contributed by atoms with E-state index in [1.165, 1.54) is 11.3 Å². The number of hydrogen-bond donors (Lipinski definition) is 2. The lowest BCUT2D eigenvalue weighted by atomic mass is 9.86. The Kier molecular flexibility index (Phi) is 5.82. The van der Waals surface area contributed by atoms with Crippen LogP contribution in [-0.2, 0) is 10.2 Å². The first-order valence-corrected chi connectivity index (χ1v) is 9.40. The fraction of sp³-hybridized carbons (Fsp3) is 0.667. The van der Waals surface area contributed by atoms with Crippen LogP contribution in [0.4, 0.5) is 5.69 Å². The van der Waals surface area contributed by atoms with Crippen molar-refractivity contribution >= 4 is 11.6 Å². The second-order valence-corrected chi connectivity index (χ2v) is 9.41. The van der Waals surface area contributed by atoms with E-state index in [9.17, 15) is 4.79 Å². The van der Waals surface area contributed by atoms with Crippen molar-refractivity contribution in [1.29, 1.82) is 0 Å². The van der Waals surface area contributed by atoms with Gasteiger partial charge in [-0.15, -0.1) is 0 Å². The van der Waals surface area contributed by atoms with Crippen LogP contribution < -0.4 is 16.0 Å². The Hall–Kier alpha value is -1.55. The summed E-state index contributed by atoms with van der Waals surface area (Å²) in [5, 5.41) is 3.14. The number of anilines is 1. The molecule has 140 valence electrons. The summed E-state index contributed by atoms with van der Waals surface area (Å²) in [6, 6.07) is 8.66. The minimum Gasteiger partial charge on any atom is -0.371 e. The van der Waals surface area contributed by atoms with Crippen molar-refractivity contribution in [1.82, 2.24) is 5.32 Å². The van der Waals surface area contributed by atoms with Crippen LogP contribution in [0.5, 0.6) is 0 Å². The van der Waals surface area contributed by atoms with Gasteiger partial charge in [0.1, 0.15) is 0 Å². The summed E-state index contributed by atoms with van der Waals surface area (Å²) in [6.45, 7) is 14.6. The SMILES string of the molecule is CC(C)(C)c1ccc(N2CCC(NC(=O)[C@@H](N)C(C)(C)C)CC2)cc1. The molecule has 1 aliphatic heterocycles. The third kappa shape index (κ3) is 5.21. The number of piperidine rings is 1. The third-order valence-corrected chi connectivity index (χ3v) is 5.16. The van der Waals surface area contributed by atoms with E-state index in [2.05, 4.69) is 55.3 Å². The van der Waals surface area contributed by atoms with Crippen LogP contribution in [0, 0.1) is 5.41 Å². The Morgan fingerprint density at radius 3 is 2.04 bits per heavy atom. The van der Waals surface area contributed by atoms with E-state index in [0.29, 0.717) is 0 Å². The van der Waals surface area contributed by atoms with Gasteiger partial charge in [0.15, 0.2) is 0 Å². The van der Waals surface area contributed by atoms with Crippen molar-refractivity contribution in [2.45, 2.75) is 71.9 Å². The van der Waals surface area contributed by atoms with Crippen molar-refractivity contribution in [2.75, 3.05) is 18.0 Å². The van der Waals surface area contributed by atoms with E-state index >= 15 is 0 Å². The van der Waals surface area contributed by atoms with Gasteiger partial charge < -0.3 is 16.0 Å². The summed E-state index contributed by atoms with van der Waals surface area (Å²) < 4.78 is 0. The predicted molar refractivity (Wildman–Crippen MR) is 106 cm³/mol. The molecule has 1 amide bonds. The molecule has 1 saturated heterocycles. The maximum absolute atomic E-state index is 12.3. The monoisotopic (exact) mass is 345 g/mol. The van der Waals surface area contributed by atoms with Crippen LogP contribution in [0.3, 0.4) is 0 Å². The van der Waals surface area contributed by atoms with Gasteiger partial charge in [0.2, 0.25) is 5.91 Å². The second kappa shape index (κ2) is 7.36. The van der Waals surface area contributed by atoms with Crippen LogP contribution in [-0.4, -0.2) is 31.1 Å². The molecule has 1 heterocycles. The van der Waals surface area contributed by atoms with Crippen molar-refractivity contribution in [2.24, 2.45) is 11.1 Å². The minimum atomic E-state index is -0.463. The molecule has 0 aliphatic carbocycles. The Bertz CT molecular complexity index is 573. The number of carbonyl (C=O) groups excluding carboxylic acids is 1. The molecule has 0 bridgehead atoms. The van der Waals surface area contributed by atoms with E-state index in [0.717, 1.165) is 25.9 Å². The Morgan fingerprint density at radius 2 is 1.60 bits per heavy atom. The molecule has 1 fully saturated rings. The van der Waals surface area contributed by atoms with Crippen molar-refractivity contribution < 1.29 is 4.79 Å². The molecule has 1 atom stereocenters. The fourth-order valence-corrected chi connectivity index (χ4v) is 3.14. The first kappa shape index (κ1) is 19.8. The minimum absolute atomic E-state index is 0.0273. The van der Waals surface area contributed by atoms with Crippen molar-refractivity contribution in [3.05, 3.63) is 29.8 Å². The summed E-state index contributed by atoms with van der Waals surface area (Å²) in [5.41, 5.74) is 8.65. The summed E-state index contributed by atoms with van der Waals surface area (Å²) in [5.74, 6) is -0.0273. The van der Waals surface area contributed by atoms with Gasteiger partial charge in [-0.3, -0.25) is 4.79 Å². The highest BCUT2D eigenvalue weighted by atomic mass is 16.2. The molecule has 4 heteroatoms. The fourth-order valence-electron chi connectivity index (χ4n) is 3.14. The first-order chi connectivity index (χ1) is 11.5. The van der Waals surface area contributed by atoms with E-state index in [4.69, 9.17) is 5.73 Å². The molecular formula is C21H35N3O. The first-order valence-electron chi connectivity index (χ1n) is 9.40. The smallest absolute Gasteiger partial charge is 0.237 e. The van der Waals surface area contributed by atoms with Gasteiger partial charge >= 0.3 is 0 Å². The van der Waals surface area contributed by atoms with Crippen LogP contribution >= 0.6 is 0 Å². The number of rotatable bonds is 3. The number of nitrogens with zero attached hydrogens (tertiary/aromatic N) is 1. The second-order valence-electron chi connectivity index (χ2n) is 9.41. The molecule has 1 aromatic carbocycles. The molecule has 3 N–H and O–H groups in total. The molecular weight excluding hydrogens is 310 g/mol. The quantitative estimate of drug-likeness (QED) is 0.882. The molecule has 1 aromatic rings. The molecule has 0 aromatic heterocycles. The summed E-state index contributed by atoms with van der Waals surface area (Å²) >= 11 is 0. The van der Waals surface area contributed by atoms with Gasteiger partial charge in [-0.05, 0) is 41.4 Å². The van der Waals surface area contributed by atoms with Crippen molar-refractivity contribution in [3.63, 3.8) is 0 Å². The number of hydrogen-bond acceptors (Lipinski definition) is 3. The average Bonchev–Trinajstić information content (AvgIpc) is 2.53. The number of benzene rings is 1.